The van der Waals surface area contributed by atoms with Crippen molar-refractivity contribution >= 4 is 41.1 Å². The molecule has 1 fully saturated rings. The molecule has 1 saturated heterocycles. The van der Waals surface area contributed by atoms with Gasteiger partial charge in [0, 0.05) is 45.4 Å². The fourth-order valence-electron chi connectivity index (χ4n) is 5.45. The molecule has 16 heteroatoms. The first-order chi connectivity index (χ1) is 24.9. The van der Waals surface area contributed by atoms with E-state index in [9.17, 15) is 29.1 Å². The number of hydrogen-bond acceptors (Lipinski definition) is 11. The number of amides is 5. The lowest BCUT2D eigenvalue weighted by Gasteiger charge is -2.35. The largest absolute Gasteiger partial charge is 0.444 e. The van der Waals surface area contributed by atoms with Crippen LogP contribution in [0.4, 0.5) is 4.79 Å². The zero-order valence-corrected chi connectivity index (χ0v) is 32.7. The number of aliphatic hydroxyl groups is 1. The molecule has 1 aliphatic heterocycles. The van der Waals surface area contributed by atoms with E-state index in [4.69, 9.17) is 14.2 Å². The van der Waals surface area contributed by atoms with Crippen molar-refractivity contribution in [3.8, 4) is 10.4 Å². The van der Waals surface area contributed by atoms with Gasteiger partial charge in [-0.1, -0.05) is 45.0 Å². The average Bonchev–Trinajstić information content (AvgIpc) is 3.69. The highest BCUT2D eigenvalue weighted by Crippen LogP contribution is 2.28. The second-order valence-electron chi connectivity index (χ2n) is 14.9. The van der Waals surface area contributed by atoms with E-state index in [2.05, 4.69) is 26.3 Å². The molecule has 0 radical (unpaired) electrons. The standard InChI is InChI=1S/C37H56N6O9S/c1-24-31(53-23-41-24)26-10-8-25(9-11-26)21-40-33(47)28-20-27(44)22-43(28)34(48)32(36(2,3)4)42-30(46)13-12-29(45)38-14-16-50-18-19-51-17-15-39-35(49)52-37(5,6)7/h8-11,23,27-28,32,44H,12-22H2,1-7H3,(H,38,45)(H,39,49)(H,40,47)(H,42,46). The summed E-state index contributed by atoms with van der Waals surface area (Å²) in [5, 5.41) is 21.4. The molecular formula is C37H56N6O9S. The molecule has 3 rings (SSSR count). The Morgan fingerprint density at radius 1 is 0.906 bits per heavy atom. The monoisotopic (exact) mass is 760 g/mol. The van der Waals surface area contributed by atoms with E-state index in [0.717, 1.165) is 21.7 Å². The van der Waals surface area contributed by atoms with Gasteiger partial charge in [-0.3, -0.25) is 19.2 Å². The Morgan fingerprint density at radius 2 is 1.53 bits per heavy atom. The number of likely N-dealkylation sites (tertiary alicyclic amines) is 1. The molecule has 3 atom stereocenters. The number of rotatable bonds is 18. The number of benzene rings is 1. The number of nitrogens with one attached hydrogen (secondary N) is 4. The molecule has 3 unspecified atom stereocenters. The summed E-state index contributed by atoms with van der Waals surface area (Å²) in [6.07, 6.45) is -1.56. The fraction of sp³-hybridized carbons (Fsp3) is 0.622. The third kappa shape index (κ3) is 15.0. The summed E-state index contributed by atoms with van der Waals surface area (Å²) in [4.78, 5) is 70.8. The summed E-state index contributed by atoms with van der Waals surface area (Å²) in [6.45, 7) is 14.6. The van der Waals surface area contributed by atoms with Gasteiger partial charge in [-0.2, -0.15) is 0 Å². The van der Waals surface area contributed by atoms with E-state index < -0.39 is 53.0 Å². The average molecular weight is 761 g/mol. The third-order valence-electron chi connectivity index (χ3n) is 8.15. The first-order valence-corrected chi connectivity index (χ1v) is 18.8. The Balaban J connectivity index is 1.38. The van der Waals surface area contributed by atoms with Crippen LogP contribution >= 0.6 is 11.3 Å². The van der Waals surface area contributed by atoms with Crippen LogP contribution in [0.25, 0.3) is 10.4 Å². The van der Waals surface area contributed by atoms with Crippen LogP contribution < -0.4 is 21.3 Å². The number of nitrogens with zero attached hydrogens (tertiary/aromatic N) is 2. The zero-order chi connectivity index (χ0) is 39.2. The molecule has 2 aromatic rings. The van der Waals surface area contributed by atoms with Crippen LogP contribution in [0.15, 0.2) is 29.8 Å². The highest BCUT2D eigenvalue weighted by molar-refractivity contribution is 7.13. The smallest absolute Gasteiger partial charge is 0.407 e. The Morgan fingerprint density at radius 3 is 2.11 bits per heavy atom. The summed E-state index contributed by atoms with van der Waals surface area (Å²) in [5.41, 5.74) is 3.38. The lowest BCUT2D eigenvalue weighted by Crippen LogP contribution is -2.57. The highest BCUT2D eigenvalue weighted by Gasteiger charge is 2.44. The summed E-state index contributed by atoms with van der Waals surface area (Å²) in [6, 6.07) is 5.91. The molecule has 0 spiro atoms. The Hall–Kier alpha value is -4.12. The molecule has 294 valence electrons. The summed E-state index contributed by atoms with van der Waals surface area (Å²) in [7, 11) is 0. The number of alkyl carbamates (subject to hydrolysis) is 1. The molecule has 53 heavy (non-hydrogen) atoms. The highest BCUT2D eigenvalue weighted by atomic mass is 32.1. The van der Waals surface area contributed by atoms with E-state index in [1.165, 1.54) is 4.90 Å². The number of ether oxygens (including phenoxy) is 3. The van der Waals surface area contributed by atoms with Gasteiger partial charge in [-0.15, -0.1) is 11.3 Å². The van der Waals surface area contributed by atoms with Gasteiger partial charge < -0.3 is 45.5 Å². The van der Waals surface area contributed by atoms with Crippen molar-refractivity contribution in [3.63, 3.8) is 0 Å². The van der Waals surface area contributed by atoms with Gasteiger partial charge in [0.15, 0.2) is 0 Å². The van der Waals surface area contributed by atoms with Gasteiger partial charge in [0.2, 0.25) is 23.6 Å². The quantitative estimate of drug-likeness (QED) is 0.141. The van der Waals surface area contributed by atoms with Gasteiger partial charge in [0.05, 0.1) is 48.6 Å². The normalized spacial score (nSPS) is 16.5. The maximum atomic E-state index is 13.8. The molecule has 5 N–H and O–H groups in total. The van der Waals surface area contributed by atoms with Gasteiger partial charge in [0.1, 0.15) is 17.7 Å². The van der Waals surface area contributed by atoms with Crippen LogP contribution in [0.3, 0.4) is 0 Å². The Bertz CT molecular complexity index is 1520. The molecule has 0 bridgehead atoms. The van der Waals surface area contributed by atoms with E-state index in [1.807, 2.05) is 31.2 Å². The summed E-state index contributed by atoms with van der Waals surface area (Å²) < 4.78 is 16.0. The maximum absolute atomic E-state index is 13.8. The van der Waals surface area contributed by atoms with E-state index in [1.54, 1.807) is 58.4 Å². The van der Waals surface area contributed by atoms with Crippen molar-refractivity contribution in [3.05, 3.63) is 41.0 Å². The molecule has 0 saturated carbocycles. The second-order valence-corrected chi connectivity index (χ2v) is 15.8. The van der Waals surface area contributed by atoms with Crippen molar-refractivity contribution < 1.29 is 43.3 Å². The molecule has 1 aromatic heterocycles. The van der Waals surface area contributed by atoms with Crippen LogP contribution in [0.5, 0.6) is 0 Å². The van der Waals surface area contributed by atoms with E-state index >= 15 is 0 Å². The number of hydrogen-bond donors (Lipinski definition) is 5. The number of aryl methyl sites for hydroxylation is 1. The fourth-order valence-corrected chi connectivity index (χ4v) is 6.26. The minimum Gasteiger partial charge on any atom is -0.444 e. The molecule has 1 aromatic carbocycles. The van der Waals surface area contributed by atoms with Crippen molar-refractivity contribution in [2.24, 2.45) is 5.41 Å². The van der Waals surface area contributed by atoms with Crippen molar-refractivity contribution in [1.29, 1.82) is 0 Å². The number of aliphatic hydroxyl groups excluding tert-OH is 1. The van der Waals surface area contributed by atoms with Gasteiger partial charge in [-0.25, -0.2) is 9.78 Å². The number of aromatic nitrogens is 1. The third-order valence-corrected chi connectivity index (χ3v) is 9.12. The molecule has 1 aliphatic rings. The van der Waals surface area contributed by atoms with Crippen LogP contribution in [0, 0.1) is 12.3 Å². The van der Waals surface area contributed by atoms with E-state index in [0.29, 0.717) is 26.4 Å². The Labute approximate surface area is 315 Å². The first kappa shape index (κ1) is 43.3. The van der Waals surface area contributed by atoms with Gasteiger partial charge in [0.25, 0.3) is 0 Å². The number of carbonyl (C=O) groups is 5. The van der Waals surface area contributed by atoms with Crippen LogP contribution in [0.2, 0.25) is 0 Å². The summed E-state index contributed by atoms with van der Waals surface area (Å²) in [5.74, 6) is -1.70. The molecule has 2 heterocycles. The Kier molecular flexibility index (Phi) is 16.6. The van der Waals surface area contributed by atoms with Crippen LogP contribution in [-0.2, 0) is 39.9 Å². The lowest BCUT2D eigenvalue weighted by atomic mass is 9.85. The SMILES string of the molecule is Cc1ncsc1-c1ccc(CNC(=O)C2CC(O)CN2C(=O)C(NC(=O)CCC(=O)NCCOCCOCCNC(=O)OC(C)(C)C)C(C)(C)C)cc1. The number of β-amino-alcohol motifs (C(OH)–C–C–N with tert-alkyl or cyclic N) is 1. The van der Waals surface area contributed by atoms with Crippen LogP contribution in [-0.4, -0.2) is 115 Å². The summed E-state index contributed by atoms with van der Waals surface area (Å²) >= 11 is 1.56. The van der Waals surface area contributed by atoms with Crippen LogP contribution in [0.1, 0.15) is 72.1 Å². The number of carbonyl (C=O) groups excluding carboxylic acids is 5. The minimum absolute atomic E-state index is 0.0375. The molecule has 0 aliphatic carbocycles. The first-order valence-electron chi connectivity index (χ1n) is 17.9. The molecule has 15 nitrogen and oxygen atoms in total. The minimum atomic E-state index is -0.995. The molecular weight excluding hydrogens is 705 g/mol. The number of thiazole rings is 1. The topological polar surface area (TPSA) is 198 Å². The predicted molar refractivity (Wildman–Crippen MR) is 200 cm³/mol. The predicted octanol–water partition coefficient (Wildman–Crippen LogP) is 2.68. The van der Waals surface area contributed by atoms with Crippen molar-refractivity contribution in [1.82, 2.24) is 31.2 Å². The van der Waals surface area contributed by atoms with E-state index in [-0.39, 0.29) is 51.4 Å². The van der Waals surface area contributed by atoms with Gasteiger partial charge in [-0.05, 0) is 44.2 Å². The molecule has 5 amide bonds. The second kappa shape index (κ2) is 20.4. The van der Waals surface area contributed by atoms with Gasteiger partial charge >= 0.3 is 6.09 Å². The zero-order valence-electron chi connectivity index (χ0n) is 31.9. The van der Waals surface area contributed by atoms with Crippen molar-refractivity contribution in [2.75, 3.05) is 46.1 Å². The lowest BCUT2D eigenvalue weighted by molar-refractivity contribution is -0.144. The van der Waals surface area contributed by atoms with Crippen molar-refractivity contribution in [2.45, 2.75) is 98.1 Å². The maximum Gasteiger partial charge on any atom is 0.407 e.